The molecule has 0 saturated carbocycles. The lowest BCUT2D eigenvalue weighted by molar-refractivity contribution is -0.113. The van der Waals surface area contributed by atoms with Gasteiger partial charge in [-0.25, -0.2) is 0 Å². The van der Waals surface area contributed by atoms with Crippen LogP contribution in [0.3, 0.4) is 0 Å². The second-order valence-corrected chi connectivity index (χ2v) is 6.82. The molecule has 2 rings (SSSR count). The third kappa shape index (κ3) is 4.01. The van der Waals surface area contributed by atoms with E-state index in [9.17, 15) is 4.79 Å². The summed E-state index contributed by atoms with van der Waals surface area (Å²) in [4.78, 5) is 11.9. The average molecular weight is 326 g/mol. The van der Waals surface area contributed by atoms with E-state index in [2.05, 4.69) is 58.0 Å². The number of nitrogens with one attached hydrogen (secondary N) is 1. The highest BCUT2D eigenvalue weighted by atomic mass is 32.2. The summed E-state index contributed by atoms with van der Waals surface area (Å²) >= 11 is 2.67. The molecule has 1 N–H and O–H groups in total. The normalized spacial score (nSPS) is 11.3. The summed E-state index contributed by atoms with van der Waals surface area (Å²) in [5.41, 5.74) is 1.58. The van der Waals surface area contributed by atoms with E-state index in [-0.39, 0.29) is 17.7 Å². The van der Waals surface area contributed by atoms with Gasteiger partial charge < -0.3 is 4.57 Å². The second-order valence-electron chi connectivity index (χ2n) is 5.04. The molecule has 0 aliphatic heterocycles. The van der Waals surface area contributed by atoms with Crippen molar-refractivity contribution in [2.45, 2.75) is 44.8 Å². The molecule has 2 heterocycles. The number of hydrogen-bond acceptors (Lipinski definition) is 7. The minimum absolute atomic E-state index is 0.124. The molecule has 0 fully saturated rings. The Labute approximate surface area is 131 Å². The molecular formula is C12H18N6OS2. The van der Waals surface area contributed by atoms with Gasteiger partial charge in [0.1, 0.15) is 11.3 Å². The van der Waals surface area contributed by atoms with E-state index in [4.69, 9.17) is 0 Å². The summed E-state index contributed by atoms with van der Waals surface area (Å²) in [6, 6.07) is 0.256. The first-order chi connectivity index (χ1) is 9.99. The van der Waals surface area contributed by atoms with Gasteiger partial charge in [0.05, 0.1) is 5.75 Å². The number of carbonyl (C=O) groups is 1. The number of aromatic nitrogens is 5. The molecule has 0 saturated heterocycles. The smallest absolute Gasteiger partial charge is 0.236 e. The molecule has 114 valence electrons. The Morgan fingerprint density at radius 1 is 1.33 bits per heavy atom. The first kappa shape index (κ1) is 15.9. The zero-order valence-corrected chi connectivity index (χ0v) is 14.0. The van der Waals surface area contributed by atoms with Crippen molar-refractivity contribution in [3.05, 3.63) is 11.3 Å². The Kier molecular flexibility index (Phi) is 5.29. The second kappa shape index (κ2) is 6.99. The zero-order chi connectivity index (χ0) is 15.4. The van der Waals surface area contributed by atoms with E-state index in [0.29, 0.717) is 11.0 Å². The maximum Gasteiger partial charge on any atom is 0.236 e. The fourth-order valence-electron chi connectivity index (χ4n) is 1.78. The first-order valence-electron chi connectivity index (χ1n) is 6.62. The highest BCUT2D eigenvalue weighted by Gasteiger charge is 2.18. The van der Waals surface area contributed by atoms with Gasteiger partial charge in [0, 0.05) is 12.0 Å². The fourth-order valence-corrected chi connectivity index (χ4v) is 3.11. The third-order valence-corrected chi connectivity index (χ3v) is 4.21. The summed E-state index contributed by atoms with van der Waals surface area (Å²) in [6.07, 6.45) is 0. The third-order valence-electron chi connectivity index (χ3n) is 2.66. The Bertz CT molecular complexity index is 593. The van der Waals surface area contributed by atoms with Crippen LogP contribution in [-0.2, 0) is 4.79 Å². The Balaban J connectivity index is 2.01. The fraction of sp³-hybridized carbons (Fsp3) is 0.583. The molecule has 0 radical (unpaired) electrons. The van der Waals surface area contributed by atoms with Crippen molar-refractivity contribution in [2.75, 3.05) is 11.1 Å². The van der Waals surface area contributed by atoms with E-state index >= 15 is 0 Å². The van der Waals surface area contributed by atoms with Gasteiger partial charge in [0.25, 0.3) is 0 Å². The number of hydrogen-bond donors (Lipinski definition) is 1. The Hall–Kier alpha value is -1.48. The van der Waals surface area contributed by atoms with Crippen LogP contribution >= 0.6 is 23.1 Å². The largest absolute Gasteiger partial charge is 0.303 e. The lowest BCUT2D eigenvalue weighted by atomic mass is 10.2. The van der Waals surface area contributed by atoms with Crippen LogP contribution in [0.1, 0.15) is 45.5 Å². The van der Waals surface area contributed by atoms with Crippen LogP contribution in [0.25, 0.3) is 0 Å². The van der Waals surface area contributed by atoms with Crippen molar-refractivity contribution in [2.24, 2.45) is 0 Å². The summed E-state index contributed by atoms with van der Waals surface area (Å²) in [6.45, 7) is 8.33. The molecule has 2 aromatic heterocycles. The Morgan fingerprint density at radius 2 is 2.10 bits per heavy atom. The number of nitrogens with zero attached hydrogens (tertiary/aromatic N) is 5. The lowest BCUT2D eigenvalue weighted by Gasteiger charge is -2.15. The zero-order valence-electron chi connectivity index (χ0n) is 12.4. The van der Waals surface area contributed by atoms with Crippen molar-refractivity contribution < 1.29 is 4.79 Å². The molecule has 1 amide bonds. The van der Waals surface area contributed by atoms with E-state index in [0.717, 1.165) is 11.0 Å². The minimum Gasteiger partial charge on any atom is -0.303 e. The van der Waals surface area contributed by atoms with Crippen molar-refractivity contribution >= 4 is 34.1 Å². The van der Waals surface area contributed by atoms with Gasteiger partial charge in [-0.2, -0.15) is 0 Å². The van der Waals surface area contributed by atoms with Crippen LogP contribution in [0.2, 0.25) is 0 Å². The van der Waals surface area contributed by atoms with Crippen LogP contribution in [0.15, 0.2) is 10.7 Å². The molecule has 0 aliphatic rings. The average Bonchev–Trinajstić information content (AvgIpc) is 3.04. The van der Waals surface area contributed by atoms with E-state index in [1.54, 1.807) is 5.51 Å². The monoisotopic (exact) mass is 326 g/mol. The van der Waals surface area contributed by atoms with Gasteiger partial charge in [0.15, 0.2) is 5.16 Å². The van der Waals surface area contributed by atoms with Crippen molar-refractivity contribution in [3.8, 4) is 0 Å². The van der Waals surface area contributed by atoms with Gasteiger partial charge in [0.2, 0.25) is 11.0 Å². The van der Waals surface area contributed by atoms with Gasteiger partial charge in [-0.1, -0.05) is 36.9 Å². The van der Waals surface area contributed by atoms with Crippen LogP contribution in [0.4, 0.5) is 5.13 Å². The van der Waals surface area contributed by atoms with Gasteiger partial charge in [-0.05, 0) is 13.8 Å². The van der Waals surface area contributed by atoms with Crippen LogP contribution in [-0.4, -0.2) is 36.6 Å². The molecule has 0 atom stereocenters. The Morgan fingerprint density at radius 3 is 2.67 bits per heavy atom. The van der Waals surface area contributed by atoms with Crippen molar-refractivity contribution in [1.82, 2.24) is 25.0 Å². The van der Waals surface area contributed by atoms with Gasteiger partial charge >= 0.3 is 0 Å². The quantitative estimate of drug-likeness (QED) is 0.821. The number of carbonyl (C=O) groups excluding carboxylic acids is 1. The molecule has 0 aromatic carbocycles. The van der Waals surface area contributed by atoms with Crippen LogP contribution < -0.4 is 5.32 Å². The summed E-state index contributed by atoms with van der Waals surface area (Å²) < 4.78 is 2.08. The molecule has 2 aromatic rings. The maximum atomic E-state index is 11.9. The topological polar surface area (TPSA) is 85.6 Å². The lowest BCUT2D eigenvalue weighted by Crippen LogP contribution is -2.15. The van der Waals surface area contributed by atoms with Crippen molar-refractivity contribution in [3.63, 3.8) is 0 Å². The maximum absolute atomic E-state index is 11.9. The molecule has 0 unspecified atom stereocenters. The molecule has 0 spiro atoms. The molecule has 21 heavy (non-hydrogen) atoms. The highest BCUT2D eigenvalue weighted by molar-refractivity contribution is 7.99. The van der Waals surface area contributed by atoms with Gasteiger partial charge in [-0.3, -0.25) is 10.1 Å². The van der Waals surface area contributed by atoms with E-state index < -0.39 is 0 Å². The first-order valence-corrected chi connectivity index (χ1v) is 8.49. The summed E-state index contributed by atoms with van der Waals surface area (Å²) in [5.74, 6) is 1.38. The molecule has 0 aliphatic carbocycles. The highest BCUT2D eigenvalue weighted by Crippen LogP contribution is 2.25. The predicted octanol–water partition coefficient (Wildman–Crippen LogP) is 2.56. The number of amides is 1. The number of thioether (sulfide) groups is 1. The predicted molar refractivity (Wildman–Crippen MR) is 83.8 cm³/mol. The summed E-state index contributed by atoms with van der Waals surface area (Å²) in [7, 11) is 0. The van der Waals surface area contributed by atoms with Crippen LogP contribution in [0, 0.1) is 0 Å². The van der Waals surface area contributed by atoms with Gasteiger partial charge in [-0.15, -0.1) is 20.4 Å². The van der Waals surface area contributed by atoms with E-state index in [1.165, 1.54) is 23.1 Å². The number of rotatable bonds is 6. The van der Waals surface area contributed by atoms with Crippen molar-refractivity contribution in [1.29, 1.82) is 0 Å². The molecule has 0 bridgehead atoms. The summed E-state index contributed by atoms with van der Waals surface area (Å²) in [5, 5.41) is 19.9. The number of anilines is 1. The molecule has 9 heteroatoms. The molecule has 7 nitrogen and oxygen atoms in total. The van der Waals surface area contributed by atoms with Crippen LogP contribution in [0.5, 0.6) is 0 Å². The van der Waals surface area contributed by atoms with E-state index in [1.807, 2.05) is 0 Å². The minimum atomic E-state index is -0.124. The standard InChI is InChI=1S/C12H18N6OS2/c1-7(2)10-15-17-12(18(10)8(3)4)20-5-9(19)14-11-16-13-6-21-11/h6-8H,5H2,1-4H3,(H,14,16,19). The molecular weight excluding hydrogens is 308 g/mol. The SMILES string of the molecule is CC(C)c1nnc(SCC(=O)Nc2nncs2)n1C(C)C.